The molecular weight excluding hydrogens is 519 g/mol. The van der Waals surface area contributed by atoms with Crippen molar-refractivity contribution in [2.75, 3.05) is 6.54 Å². The SMILES string of the molecule is Cc1nonc1C(=O)N[C@H](c1nc2cc(CN3C[C@@H](C(F)(F)F)NC3=O)ccc2o1)C1CCC(F)(F)CC1. The van der Waals surface area contributed by atoms with Gasteiger partial charge in [0.05, 0.1) is 6.54 Å². The first-order valence-corrected chi connectivity index (χ1v) is 11.9. The Hall–Kier alpha value is -3.78. The minimum Gasteiger partial charge on any atom is -0.438 e. The van der Waals surface area contributed by atoms with Crippen LogP contribution in [0.2, 0.25) is 0 Å². The van der Waals surface area contributed by atoms with Crippen LogP contribution in [0.1, 0.15) is 59.4 Å². The topological polar surface area (TPSA) is 126 Å². The first-order valence-electron chi connectivity index (χ1n) is 11.9. The number of alkyl halides is 5. The van der Waals surface area contributed by atoms with Crippen LogP contribution < -0.4 is 10.6 Å². The molecule has 0 radical (unpaired) electrons. The smallest absolute Gasteiger partial charge is 0.410 e. The Morgan fingerprint density at radius 3 is 2.63 bits per heavy atom. The van der Waals surface area contributed by atoms with E-state index in [0.717, 1.165) is 4.90 Å². The second-order valence-corrected chi connectivity index (χ2v) is 9.62. The lowest BCUT2D eigenvalue weighted by atomic mass is 9.82. The number of nitrogens with zero attached hydrogens (tertiary/aromatic N) is 4. The summed E-state index contributed by atoms with van der Waals surface area (Å²) in [6, 6.07) is 1.06. The molecule has 3 amide bonds. The fourth-order valence-electron chi connectivity index (χ4n) is 4.78. The van der Waals surface area contributed by atoms with Gasteiger partial charge in [-0.15, -0.1) is 0 Å². The van der Waals surface area contributed by atoms with Crippen LogP contribution in [-0.4, -0.2) is 56.8 Å². The van der Waals surface area contributed by atoms with E-state index in [9.17, 15) is 31.5 Å². The maximum atomic E-state index is 13.8. The van der Waals surface area contributed by atoms with E-state index >= 15 is 0 Å². The van der Waals surface area contributed by atoms with Crippen molar-refractivity contribution in [3.8, 4) is 0 Å². The summed E-state index contributed by atoms with van der Waals surface area (Å²) in [5, 5.41) is 11.8. The van der Waals surface area contributed by atoms with E-state index in [-0.39, 0.29) is 49.5 Å². The molecule has 15 heteroatoms. The van der Waals surface area contributed by atoms with Crippen LogP contribution in [0.15, 0.2) is 27.2 Å². The average Bonchev–Trinajstić information content (AvgIpc) is 3.56. The van der Waals surface area contributed by atoms with Crippen LogP contribution >= 0.6 is 0 Å². The number of carbonyl (C=O) groups excluding carboxylic acids is 2. The molecule has 2 N–H and O–H groups in total. The van der Waals surface area contributed by atoms with Crippen molar-refractivity contribution in [1.29, 1.82) is 0 Å². The number of fused-ring (bicyclic) bond motifs is 1. The summed E-state index contributed by atoms with van der Waals surface area (Å²) < 4.78 is 77.1. The lowest BCUT2D eigenvalue weighted by Crippen LogP contribution is -2.40. The maximum Gasteiger partial charge on any atom is 0.410 e. The molecule has 0 spiro atoms. The highest BCUT2D eigenvalue weighted by molar-refractivity contribution is 5.93. The van der Waals surface area contributed by atoms with Gasteiger partial charge in [-0.3, -0.25) is 4.79 Å². The van der Waals surface area contributed by atoms with Gasteiger partial charge < -0.3 is 20.0 Å². The average molecular weight is 542 g/mol. The molecule has 1 aromatic carbocycles. The van der Waals surface area contributed by atoms with Gasteiger partial charge in [-0.25, -0.2) is 23.2 Å². The summed E-state index contributed by atoms with van der Waals surface area (Å²) in [4.78, 5) is 30.4. The molecular formula is C23H23F5N6O4. The van der Waals surface area contributed by atoms with Gasteiger partial charge in [0, 0.05) is 19.4 Å². The van der Waals surface area contributed by atoms with Crippen LogP contribution in [0.5, 0.6) is 0 Å². The maximum absolute atomic E-state index is 13.8. The summed E-state index contributed by atoms with van der Waals surface area (Å²) in [7, 11) is 0. The van der Waals surface area contributed by atoms with Crippen LogP contribution in [0.25, 0.3) is 11.1 Å². The van der Waals surface area contributed by atoms with Gasteiger partial charge in [0.15, 0.2) is 11.3 Å². The second-order valence-electron chi connectivity index (χ2n) is 9.62. The van der Waals surface area contributed by atoms with Crippen molar-refractivity contribution >= 4 is 23.0 Å². The second kappa shape index (κ2) is 9.51. The van der Waals surface area contributed by atoms with E-state index in [4.69, 9.17) is 4.42 Å². The summed E-state index contributed by atoms with van der Waals surface area (Å²) in [6.07, 6.45) is -5.03. The normalized spacial score (nSPS) is 21.1. The summed E-state index contributed by atoms with van der Waals surface area (Å²) in [6.45, 7) is 0.911. The van der Waals surface area contributed by atoms with Crippen LogP contribution in [-0.2, 0) is 6.54 Å². The molecule has 1 saturated heterocycles. The Morgan fingerprint density at radius 2 is 2.00 bits per heavy atom. The minimum atomic E-state index is -4.56. The van der Waals surface area contributed by atoms with E-state index in [1.807, 2.05) is 5.32 Å². The zero-order chi connectivity index (χ0) is 27.2. The molecule has 2 fully saturated rings. The van der Waals surface area contributed by atoms with Crippen LogP contribution in [0.4, 0.5) is 26.7 Å². The van der Waals surface area contributed by atoms with Gasteiger partial charge in [0.25, 0.3) is 5.91 Å². The van der Waals surface area contributed by atoms with Crippen molar-refractivity contribution in [2.45, 2.75) is 63.3 Å². The Kier molecular flexibility index (Phi) is 6.47. The molecule has 5 rings (SSSR count). The number of hydrogen-bond donors (Lipinski definition) is 2. The Morgan fingerprint density at radius 1 is 1.26 bits per heavy atom. The molecule has 2 atom stereocenters. The zero-order valence-corrected chi connectivity index (χ0v) is 20.0. The highest BCUT2D eigenvalue weighted by atomic mass is 19.4. The molecule has 3 heterocycles. The highest BCUT2D eigenvalue weighted by Crippen LogP contribution is 2.42. The molecule has 3 aromatic rings. The third-order valence-corrected chi connectivity index (χ3v) is 6.88. The number of carbonyl (C=O) groups is 2. The minimum absolute atomic E-state index is 0.0596. The lowest BCUT2D eigenvalue weighted by molar-refractivity contribution is -0.149. The van der Waals surface area contributed by atoms with Crippen molar-refractivity contribution < 1.29 is 40.6 Å². The predicted octanol–water partition coefficient (Wildman–Crippen LogP) is 4.27. The summed E-state index contributed by atoms with van der Waals surface area (Å²) >= 11 is 0. The lowest BCUT2D eigenvalue weighted by Gasteiger charge is -2.32. The van der Waals surface area contributed by atoms with Crippen molar-refractivity contribution in [3.63, 3.8) is 0 Å². The third kappa shape index (κ3) is 5.27. The molecule has 0 unspecified atom stereocenters. The van der Waals surface area contributed by atoms with Gasteiger partial charge in [-0.2, -0.15) is 13.2 Å². The van der Waals surface area contributed by atoms with Crippen molar-refractivity contribution in [2.24, 2.45) is 5.92 Å². The standard InChI is InChI=1S/C23H23F5N6O4/c1-11-17(33-38-32-11)19(35)31-18(13-4-6-22(24,25)7-5-13)20-29-14-8-12(2-3-15(14)37-20)9-34-10-16(23(26,27)28)30-21(34)36/h2-3,8,13,16,18H,4-7,9-10H2,1H3,(H,30,36)(H,31,35)/t16-,18-/m0/s1. The monoisotopic (exact) mass is 542 g/mol. The summed E-state index contributed by atoms with van der Waals surface area (Å²) in [5.41, 5.74) is 1.36. The number of benzene rings is 1. The number of urea groups is 1. The molecule has 1 aliphatic heterocycles. The third-order valence-electron chi connectivity index (χ3n) is 6.88. The van der Waals surface area contributed by atoms with E-state index in [2.05, 4.69) is 25.2 Å². The molecule has 204 valence electrons. The number of rotatable bonds is 6. The van der Waals surface area contributed by atoms with Gasteiger partial charge in [0.2, 0.25) is 11.8 Å². The molecule has 1 aliphatic carbocycles. The molecule has 38 heavy (non-hydrogen) atoms. The largest absolute Gasteiger partial charge is 0.438 e. The van der Waals surface area contributed by atoms with E-state index in [1.54, 1.807) is 18.2 Å². The van der Waals surface area contributed by atoms with Crippen LogP contribution in [0.3, 0.4) is 0 Å². The van der Waals surface area contributed by atoms with Crippen molar-refractivity contribution in [1.82, 2.24) is 30.8 Å². The van der Waals surface area contributed by atoms with E-state index in [1.165, 1.54) is 6.92 Å². The number of amides is 3. The first-order chi connectivity index (χ1) is 17.9. The van der Waals surface area contributed by atoms with E-state index in [0.29, 0.717) is 16.7 Å². The van der Waals surface area contributed by atoms with Gasteiger partial charge in [0.1, 0.15) is 23.3 Å². The zero-order valence-electron chi connectivity index (χ0n) is 20.0. The van der Waals surface area contributed by atoms with Gasteiger partial charge >= 0.3 is 12.2 Å². The first kappa shape index (κ1) is 25.9. The summed E-state index contributed by atoms with van der Waals surface area (Å²) in [5.74, 6) is -3.74. The fourth-order valence-corrected chi connectivity index (χ4v) is 4.78. The molecule has 0 bridgehead atoms. The number of aromatic nitrogens is 3. The van der Waals surface area contributed by atoms with Gasteiger partial charge in [-0.05, 0) is 48.5 Å². The van der Waals surface area contributed by atoms with E-state index < -0.39 is 48.6 Å². The predicted molar refractivity (Wildman–Crippen MR) is 119 cm³/mol. The quantitative estimate of drug-likeness (QED) is 0.446. The number of oxazole rings is 1. The number of aryl methyl sites for hydroxylation is 1. The van der Waals surface area contributed by atoms with Crippen LogP contribution in [0, 0.1) is 12.8 Å². The van der Waals surface area contributed by atoms with Gasteiger partial charge in [-0.1, -0.05) is 11.2 Å². The molecule has 1 saturated carbocycles. The number of hydrogen-bond acceptors (Lipinski definition) is 7. The Bertz CT molecular complexity index is 1350. The number of nitrogens with one attached hydrogen (secondary N) is 2. The Labute approximate surface area is 211 Å². The molecule has 2 aliphatic rings. The Balaban J connectivity index is 1.38. The number of halogens is 5. The molecule has 10 nitrogen and oxygen atoms in total. The highest BCUT2D eigenvalue weighted by Gasteiger charge is 2.47. The van der Waals surface area contributed by atoms with Crippen molar-refractivity contribution in [3.05, 3.63) is 41.0 Å². The fraction of sp³-hybridized carbons (Fsp3) is 0.522. The molecule has 2 aromatic heterocycles.